The van der Waals surface area contributed by atoms with Gasteiger partial charge in [-0.25, -0.2) is 8.42 Å². The summed E-state index contributed by atoms with van der Waals surface area (Å²) in [6.07, 6.45) is 38.1. The van der Waals surface area contributed by atoms with Gasteiger partial charge in [0.05, 0.1) is 6.61 Å². The summed E-state index contributed by atoms with van der Waals surface area (Å²) in [6, 6.07) is 0. The third kappa shape index (κ3) is 37.5. The van der Waals surface area contributed by atoms with Crippen LogP contribution in [0, 0.1) is 5.92 Å². The summed E-state index contributed by atoms with van der Waals surface area (Å²) >= 11 is 0. The summed E-state index contributed by atoms with van der Waals surface area (Å²) in [5.74, 6) is 0.198. The van der Waals surface area contributed by atoms with Gasteiger partial charge in [-0.1, -0.05) is 187 Å². The average Bonchev–Trinajstić information content (AvgIpc) is 2.89. The summed E-state index contributed by atoms with van der Waals surface area (Å²) < 4.78 is 37.5. The van der Waals surface area contributed by atoms with Crippen molar-refractivity contribution in [1.29, 1.82) is 0 Å². The first-order chi connectivity index (χ1) is 18.5. The maximum atomic E-state index is 10.9. The first-order valence-corrected chi connectivity index (χ1v) is 18.4. The summed E-state index contributed by atoms with van der Waals surface area (Å²) in [6.45, 7) is 4.61. The third-order valence-electron chi connectivity index (χ3n) is 8.13. The Balaban J connectivity index is 0. The molecule has 0 aromatic heterocycles. The molecule has 0 aliphatic rings. The summed E-state index contributed by atoms with van der Waals surface area (Å²) in [4.78, 5) is 0. The fourth-order valence-corrected chi connectivity index (χ4v) is 5.93. The average molecular weight is 599 g/mol. The Bertz CT molecular complexity index is 556. The molecule has 0 N–H and O–H groups in total. The van der Waals surface area contributed by atoms with Crippen LogP contribution in [0.5, 0.6) is 0 Å². The molecule has 6 heteroatoms. The Morgan fingerprint density at radius 3 is 0.923 bits per heavy atom. The Morgan fingerprint density at radius 2 is 0.692 bits per heavy atom. The van der Waals surface area contributed by atoms with E-state index < -0.39 is 10.4 Å². The first-order valence-electron chi connectivity index (χ1n) is 17.1. The second-order valence-corrected chi connectivity index (χ2v) is 13.0. The zero-order valence-corrected chi connectivity index (χ0v) is 30.8. The minimum atomic E-state index is -4.58. The monoisotopic (exact) mass is 598 g/mol. The Kier molecular flexibility index (Phi) is 37.2. The molecule has 0 fully saturated rings. The van der Waals surface area contributed by atoms with Crippen molar-refractivity contribution < 1.29 is 68.5 Å². The van der Waals surface area contributed by atoms with Gasteiger partial charge < -0.3 is 4.55 Å². The van der Waals surface area contributed by atoms with E-state index in [1.54, 1.807) is 0 Å². The molecular formula is C33H67KO4S. The second kappa shape index (κ2) is 34.0. The number of rotatable bonds is 32. The zero-order chi connectivity index (χ0) is 28.0. The fraction of sp³-hybridized carbons (Fsp3) is 1.00. The second-order valence-electron chi connectivity index (χ2n) is 12.0. The van der Waals surface area contributed by atoms with Gasteiger partial charge >= 0.3 is 51.4 Å². The molecule has 0 bridgehead atoms. The van der Waals surface area contributed by atoms with E-state index in [1.807, 2.05) is 0 Å². The largest absolute Gasteiger partial charge is 1.00 e. The van der Waals surface area contributed by atoms with E-state index >= 15 is 0 Å². The molecule has 0 spiro atoms. The van der Waals surface area contributed by atoms with Gasteiger partial charge in [-0.3, -0.25) is 4.18 Å². The SMILES string of the molecule is CCCCCCCCCCCCCCCCCCC(CCCCCCCCCCCCC)COS(=O)(=O)[O-].[K+]. The molecule has 0 heterocycles. The van der Waals surface area contributed by atoms with Crippen molar-refractivity contribution in [3.8, 4) is 0 Å². The van der Waals surface area contributed by atoms with Crippen LogP contribution in [-0.4, -0.2) is 19.6 Å². The van der Waals surface area contributed by atoms with E-state index in [0.29, 0.717) is 0 Å². The van der Waals surface area contributed by atoms with E-state index in [0.717, 1.165) is 25.7 Å². The molecule has 0 rings (SSSR count). The predicted molar refractivity (Wildman–Crippen MR) is 164 cm³/mol. The van der Waals surface area contributed by atoms with E-state index in [2.05, 4.69) is 18.0 Å². The van der Waals surface area contributed by atoms with E-state index in [1.165, 1.54) is 161 Å². The molecule has 4 nitrogen and oxygen atoms in total. The molecule has 1 atom stereocenters. The summed E-state index contributed by atoms with van der Waals surface area (Å²) in [5.41, 5.74) is 0. The smallest absolute Gasteiger partial charge is 0.726 e. The molecule has 0 saturated carbocycles. The molecular weight excluding hydrogens is 532 g/mol. The Labute approximate surface area is 288 Å². The van der Waals surface area contributed by atoms with Gasteiger partial charge in [0.1, 0.15) is 0 Å². The molecule has 0 aromatic rings. The van der Waals surface area contributed by atoms with Crippen LogP contribution in [0.4, 0.5) is 0 Å². The van der Waals surface area contributed by atoms with Crippen LogP contribution < -0.4 is 51.4 Å². The first kappa shape index (κ1) is 42.6. The fourth-order valence-electron chi connectivity index (χ4n) is 5.57. The van der Waals surface area contributed by atoms with Crippen molar-refractivity contribution in [2.75, 3.05) is 6.61 Å². The van der Waals surface area contributed by atoms with Crippen LogP contribution in [0.25, 0.3) is 0 Å². The predicted octanol–water partition coefficient (Wildman–Crippen LogP) is 8.44. The summed E-state index contributed by atoms with van der Waals surface area (Å²) in [5, 5.41) is 0. The van der Waals surface area contributed by atoms with E-state index in [-0.39, 0.29) is 63.9 Å². The third-order valence-corrected chi connectivity index (χ3v) is 8.55. The van der Waals surface area contributed by atoms with Crippen molar-refractivity contribution in [3.63, 3.8) is 0 Å². The molecule has 0 amide bonds. The normalized spacial score (nSPS) is 12.5. The van der Waals surface area contributed by atoms with Gasteiger partial charge in [0, 0.05) is 0 Å². The topological polar surface area (TPSA) is 66.4 Å². The number of hydrogen-bond acceptors (Lipinski definition) is 4. The van der Waals surface area contributed by atoms with Gasteiger partial charge in [-0.15, -0.1) is 0 Å². The maximum absolute atomic E-state index is 10.9. The van der Waals surface area contributed by atoms with Gasteiger partial charge in [0.2, 0.25) is 10.4 Å². The standard InChI is InChI=1S/C33H68O4S.K/c1-3-5-7-9-11-13-15-16-17-18-19-21-23-25-27-29-31-33(32-37-38(34,35)36)30-28-26-24-22-20-14-12-10-8-6-4-2;/h33H,3-32H2,1-2H3,(H,34,35,36);/q;+1/p-1. The minimum Gasteiger partial charge on any atom is -0.726 e. The van der Waals surface area contributed by atoms with E-state index in [4.69, 9.17) is 0 Å². The molecule has 0 aliphatic carbocycles. The van der Waals surface area contributed by atoms with Crippen LogP contribution in [0.1, 0.15) is 200 Å². The molecule has 1 unspecified atom stereocenters. The molecule has 0 aliphatic heterocycles. The molecule has 39 heavy (non-hydrogen) atoms. The minimum absolute atomic E-state index is 0. The van der Waals surface area contributed by atoms with E-state index in [9.17, 15) is 13.0 Å². The van der Waals surface area contributed by atoms with Gasteiger partial charge in [-0.05, 0) is 18.8 Å². The Hall–Kier alpha value is 1.51. The zero-order valence-electron chi connectivity index (χ0n) is 26.8. The Morgan fingerprint density at radius 1 is 0.462 bits per heavy atom. The van der Waals surface area contributed by atoms with Crippen molar-refractivity contribution in [3.05, 3.63) is 0 Å². The van der Waals surface area contributed by atoms with Crippen molar-refractivity contribution in [2.45, 2.75) is 200 Å². The van der Waals surface area contributed by atoms with Gasteiger partial charge in [0.15, 0.2) is 0 Å². The number of unbranched alkanes of at least 4 members (excludes halogenated alkanes) is 25. The molecule has 230 valence electrons. The van der Waals surface area contributed by atoms with Crippen LogP contribution >= 0.6 is 0 Å². The quantitative estimate of drug-likeness (QED) is 0.0337. The van der Waals surface area contributed by atoms with Crippen molar-refractivity contribution >= 4 is 10.4 Å². The molecule has 0 saturated heterocycles. The van der Waals surface area contributed by atoms with Gasteiger partial charge in [-0.2, -0.15) is 0 Å². The van der Waals surface area contributed by atoms with Crippen LogP contribution in [0.2, 0.25) is 0 Å². The molecule has 0 radical (unpaired) electrons. The number of hydrogen-bond donors (Lipinski definition) is 0. The summed E-state index contributed by atoms with van der Waals surface area (Å²) in [7, 11) is -4.58. The van der Waals surface area contributed by atoms with Crippen molar-refractivity contribution in [2.24, 2.45) is 5.92 Å². The van der Waals surface area contributed by atoms with Crippen LogP contribution in [0.15, 0.2) is 0 Å². The van der Waals surface area contributed by atoms with Gasteiger partial charge in [0.25, 0.3) is 0 Å². The van der Waals surface area contributed by atoms with Crippen LogP contribution in [0.3, 0.4) is 0 Å². The van der Waals surface area contributed by atoms with Crippen LogP contribution in [-0.2, 0) is 14.6 Å². The van der Waals surface area contributed by atoms with Crippen molar-refractivity contribution in [1.82, 2.24) is 0 Å². The maximum Gasteiger partial charge on any atom is 1.00 e. The molecule has 0 aromatic carbocycles.